The van der Waals surface area contributed by atoms with Gasteiger partial charge in [-0.05, 0) is 54.1 Å². The van der Waals surface area contributed by atoms with E-state index < -0.39 is 6.67 Å². The number of alkyl halides is 1. The second kappa shape index (κ2) is 8.43. The Balaban J connectivity index is 1.58. The predicted octanol–water partition coefficient (Wildman–Crippen LogP) is 4.56. The summed E-state index contributed by atoms with van der Waals surface area (Å²) >= 11 is 0. The number of aromatic nitrogens is 4. The van der Waals surface area contributed by atoms with Crippen LogP contribution in [0.3, 0.4) is 0 Å². The number of hydrogen-bond donors (Lipinski definition) is 0. The van der Waals surface area contributed by atoms with E-state index in [1.54, 1.807) is 23.3 Å². The first-order valence-electron chi connectivity index (χ1n) is 9.00. The molecule has 0 unspecified atom stereocenters. The Morgan fingerprint density at radius 2 is 1.71 bits per heavy atom. The average Bonchev–Trinajstić information content (AvgIpc) is 3.18. The Bertz CT molecular complexity index is 1020. The second-order valence-electron chi connectivity index (χ2n) is 6.21. The van der Waals surface area contributed by atoms with Crippen LogP contribution in [0.2, 0.25) is 0 Å². The third-order valence-corrected chi connectivity index (χ3v) is 4.31. The van der Waals surface area contributed by atoms with Gasteiger partial charge in [0.15, 0.2) is 0 Å². The van der Waals surface area contributed by atoms with Gasteiger partial charge in [0, 0.05) is 35.9 Å². The largest absolute Gasteiger partial charge is 0.487 e. The number of hydrogen-bond acceptors (Lipinski definition) is 4. The van der Waals surface area contributed by atoms with Gasteiger partial charge in [0.2, 0.25) is 0 Å². The van der Waals surface area contributed by atoms with Crippen molar-refractivity contribution in [3.63, 3.8) is 0 Å². The van der Waals surface area contributed by atoms with Gasteiger partial charge >= 0.3 is 0 Å². The lowest BCUT2D eigenvalue weighted by Crippen LogP contribution is -1.99. The van der Waals surface area contributed by atoms with Crippen LogP contribution < -0.4 is 4.74 Å². The summed E-state index contributed by atoms with van der Waals surface area (Å²) in [5.74, 6) is 0.753. The van der Waals surface area contributed by atoms with E-state index in [2.05, 4.69) is 15.1 Å². The van der Waals surface area contributed by atoms with Crippen LogP contribution in [0.15, 0.2) is 79.4 Å². The number of ether oxygens (including phenoxy) is 1. The number of halogens is 1. The molecule has 0 aliphatic rings. The van der Waals surface area contributed by atoms with E-state index in [0.717, 1.165) is 33.8 Å². The van der Waals surface area contributed by atoms with Crippen molar-refractivity contribution in [2.45, 2.75) is 13.2 Å². The lowest BCUT2D eigenvalue weighted by molar-refractivity contribution is 0.301. The number of rotatable bonds is 7. The van der Waals surface area contributed by atoms with Crippen LogP contribution in [-0.2, 0) is 13.2 Å². The molecular formula is C22H19FN4O. The summed E-state index contributed by atoms with van der Waals surface area (Å²) in [4.78, 5) is 8.32. The minimum absolute atomic E-state index is 0.226. The number of pyridine rings is 2. The van der Waals surface area contributed by atoms with Crippen LogP contribution >= 0.6 is 0 Å². The molecule has 4 aromatic rings. The molecule has 0 saturated carbocycles. The summed E-state index contributed by atoms with van der Waals surface area (Å²) in [6.45, 7) is 0.175. The SMILES string of the molecule is FCCn1cc(-c2ccncc2)c(-c2ccc(OCc3ccccn3)cc2)n1. The molecule has 140 valence electrons. The average molecular weight is 374 g/mol. The highest BCUT2D eigenvalue weighted by Crippen LogP contribution is 2.31. The molecule has 3 aromatic heterocycles. The lowest BCUT2D eigenvalue weighted by atomic mass is 10.0. The van der Waals surface area contributed by atoms with Crippen molar-refractivity contribution in [3.8, 4) is 28.1 Å². The maximum atomic E-state index is 12.8. The predicted molar refractivity (Wildman–Crippen MR) is 105 cm³/mol. The summed E-state index contributed by atoms with van der Waals surface area (Å²) < 4.78 is 20.2. The molecule has 0 fully saturated rings. The van der Waals surface area contributed by atoms with E-state index in [1.165, 1.54) is 0 Å². The third-order valence-electron chi connectivity index (χ3n) is 4.31. The zero-order valence-electron chi connectivity index (χ0n) is 15.2. The summed E-state index contributed by atoms with van der Waals surface area (Å²) in [5.41, 5.74) is 4.55. The summed E-state index contributed by atoms with van der Waals surface area (Å²) in [7, 11) is 0. The monoisotopic (exact) mass is 374 g/mol. The van der Waals surface area contributed by atoms with Gasteiger partial charge in [-0.25, -0.2) is 4.39 Å². The molecule has 0 atom stereocenters. The Morgan fingerprint density at radius 3 is 2.43 bits per heavy atom. The Kier molecular flexibility index (Phi) is 5.38. The van der Waals surface area contributed by atoms with Gasteiger partial charge < -0.3 is 4.74 Å². The molecule has 5 nitrogen and oxygen atoms in total. The van der Waals surface area contributed by atoms with Crippen LogP contribution in [-0.4, -0.2) is 26.4 Å². The molecule has 0 aliphatic carbocycles. The zero-order valence-corrected chi connectivity index (χ0v) is 15.2. The van der Waals surface area contributed by atoms with Crippen LogP contribution in [0, 0.1) is 0 Å². The van der Waals surface area contributed by atoms with Gasteiger partial charge in [-0.2, -0.15) is 5.10 Å². The van der Waals surface area contributed by atoms with Gasteiger partial charge in [-0.3, -0.25) is 14.6 Å². The van der Waals surface area contributed by atoms with E-state index in [0.29, 0.717) is 6.61 Å². The second-order valence-corrected chi connectivity index (χ2v) is 6.21. The van der Waals surface area contributed by atoms with E-state index in [-0.39, 0.29) is 6.54 Å². The van der Waals surface area contributed by atoms with E-state index in [9.17, 15) is 4.39 Å². The Hall–Kier alpha value is -3.54. The van der Waals surface area contributed by atoms with Crippen molar-refractivity contribution in [2.24, 2.45) is 0 Å². The molecular weight excluding hydrogens is 355 g/mol. The van der Waals surface area contributed by atoms with Gasteiger partial charge in [-0.15, -0.1) is 0 Å². The highest BCUT2D eigenvalue weighted by Gasteiger charge is 2.13. The Morgan fingerprint density at radius 1 is 0.893 bits per heavy atom. The van der Waals surface area contributed by atoms with Crippen LogP contribution in [0.25, 0.3) is 22.4 Å². The maximum Gasteiger partial charge on any atom is 0.130 e. The molecule has 0 radical (unpaired) electrons. The number of aryl methyl sites for hydroxylation is 1. The third kappa shape index (κ3) is 4.06. The number of benzene rings is 1. The first kappa shape index (κ1) is 17.9. The van der Waals surface area contributed by atoms with Gasteiger partial charge in [0.05, 0.1) is 12.2 Å². The van der Waals surface area contributed by atoms with Crippen molar-refractivity contribution in [2.75, 3.05) is 6.67 Å². The van der Waals surface area contributed by atoms with Crippen molar-refractivity contribution in [1.29, 1.82) is 0 Å². The molecule has 0 amide bonds. The molecule has 0 N–H and O–H groups in total. The fourth-order valence-corrected chi connectivity index (χ4v) is 2.93. The fourth-order valence-electron chi connectivity index (χ4n) is 2.93. The van der Waals surface area contributed by atoms with Crippen molar-refractivity contribution >= 4 is 0 Å². The molecule has 0 aliphatic heterocycles. The molecule has 0 spiro atoms. The van der Waals surface area contributed by atoms with Crippen molar-refractivity contribution in [1.82, 2.24) is 19.7 Å². The van der Waals surface area contributed by atoms with E-state index in [4.69, 9.17) is 4.74 Å². The highest BCUT2D eigenvalue weighted by molar-refractivity contribution is 5.80. The highest BCUT2D eigenvalue weighted by atomic mass is 19.1. The van der Waals surface area contributed by atoms with Crippen molar-refractivity contribution in [3.05, 3.63) is 85.1 Å². The Labute approximate surface area is 162 Å². The van der Waals surface area contributed by atoms with E-state index in [1.807, 2.05) is 60.8 Å². The first-order valence-corrected chi connectivity index (χ1v) is 9.00. The van der Waals surface area contributed by atoms with Gasteiger partial charge in [0.1, 0.15) is 24.7 Å². The smallest absolute Gasteiger partial charge is 0.130 e. The van der Waals surface area contributed by atoms with Crippen LogP contribution in [0.5, 0.6) is 5.75 Å². The van der Waals surface area contributed by atoms with Crippen molar-refractivity contribution < 1.29 is 9.13 Å². The summed E-state index contributed by atoms with van der Waals surface area (Å²) in [6, 6.07) is 17.3. The molecule has 1 aromatic carbocycles. The topological polar surface area (TPSA) is 52.8 Å². The minimum atomic E-state index is -0.461. The normalized spacial score (nSPS) is 10.8. The van der Waals surface area contributed by atoms with Crippen LogP contribution in [0.4, 0.5) is 4.39 Å². The van der Waals surface area contributed by atoms with Gasteiger partial charge in [-0.1, -0.05) is 6.07 Å². The molecule has 4 rings (SSSR count). The summed E-state index contributed by atoms with van der Waals surface area (Å²) in [5, 5.41) is 4.58. The molecule has 6 heteroatoms. The van der Waals surface area contributed by atoms with E-state index >= 15 is 0 Å². The quantitative estimate of drug-likeness (QED) is 0.476. The molecule has 0 bridgehead atoms. The molecule has 0 saturated heterocycles. The number of nitrogens with zero attached hydrogens (tertiary/aromatic N) is 4. The molecule has 3 heterocycles. The maximum absolute atomic E-state index is 12.8. The summed E-state index contributed by atoms with van der Waals surface area (Å²) in [6.07, 6.45) is 7.09. The lowest BCUT2D eigenvalue weighted by Gasteiger charge is -2.07. The molecule has 28 heavy (non-hydrogen) atoms. The van der Waals surface area contributed by atoms with Gasteiger partial charge in [0.25, 0.3) is 0 Å². The van der Waals surface area contributed by atoms with Crippen LogP contribution in [0.1, 0.15) is 5.69 Å². The zero-order chi connectivity index (χ0) is 19.2. The minimum Gasteiger partial charge on any atom is -0.487 e. The fraction of sp³-hybridized carbons (Fsp3) is 0.136. The first-order chi connectivity index (χ1) is 13.8. The standard InChI is InChI=1S/C22H19FN4O/c23-10-14-27-15-21(17-8-12-24-13-9-17)22(26-27)18-4-6-20(7-5-18)28-16-19-3-1-2-11-25-19/h1-9,11-13,15H,10,14,16H2.